The summed E-state index contributed by atoms with van der Waals surface area (Å²) in [5.41, 5.74) is 0.343. The van der Waals surface area contributed by atoms with Crippen LogP contribution in [0.4, 0.5) is 15.2 Å². The topological polar surface area (TPSA) is 67.2 Å². The van der Waals surface area contributed by atoms with Crippen molar-refractivity contribution in [1.82, 2.24) is 14.7 Å². The second-order valence-corrected chi connectivity index (χ2v) is 10.1. The van der Waals surface area contributed by atoms with Crippen molar-refractivity contribution < 1.29 is 12.8 Å². The van der Waals surface area contributed by atoms with Gasteiger partial charge in [-0.15, -0.1) is 5.10 Å². The van der Waals surface area contributed by atoms with E-state index < -0.39 is 9.84 Å². The first-order valence-electron chi connectivity index (χ1n) is 8.42. The van der Waals surface area contributed by atoms with Crippen molar-refractivity contribution in [3.8, 4) is 0 Å². The van der Waals surface area contributed by atoms with Crippen LogP contribution in [-0.2, 0) is 16.5 Å². The van der Waals surface area contributed by atoms with E-state index in [9.17, 15) is 12.8 Å². The number of nitrogens with one attached hydrogen (secondary N) is 1. The number of sulfone groups is 1. The molecule has 142 valence electrons. The quantitative estimate of drug-likeness (QED) is 0.698. The standard InChI is InChI=1S/C16H21FN4O2S3/c1-2-8-20(12-7-9-26(22,23)10-12)11-21-16(24)25-15(19-21)18-14-6-4-3-5-13(14)17/h3-6,12H,2,7-11H2,1H3,(H,18,19). The van der Waals surface area contributed by atoms with E-state index in [1.54, 1.807) is 22.9 Å². The number of hydrogen-bond acceptors (Lipinski definition) is 7. The molecule has 0 radical (unpaired) electrons. The van der Waals surface area contributed by atoms with E-state index in [0.29, 0.717) is 27.9 Å². The molecule has 0 spiro atoms. The molecule has 1 aromatic carbocycles. The predicted octanol–water partition coefficient (Wildman–Crippen LogP) is 3.41. The molecular formula is C16H21FN4O2S3. The molecule has 2 heterocycles. The molecule has 1 saturated heterocycles. The number of para-hydroxylation sites is 1. The van der Waals surface area contributed by atoms with Crippen molar-refractivity contribution in [2.24, 2.45) is 0 Å². The second kappa shape index (κ2) is 8.12. The summed E-state index contributed by atoms with van der Waals surface area (Å²) < 4.78 is 39.6. The SMILES string of the molecule is CCCN(Cn1nc(Nc2ccccc2F)sc1=S)C1CCS(=O)(=O)C1. The summed E-state index contributed by atoms with van der Waals surface area (Å²) >= 11 is 6.65. The Kier molecular flexibility index (Phi) is 6.06. The van der Waals surface area contributed by atoms with Crippen molar-refractivity contribution in [3.63, 3.8) is 0 Å². The molecule has 0 saturated carbocycles. The van der Waals surface area contributed by atoms with Gasteiger partial charge in [0, 0.05) is 6.04 Å². The molecule has 10 heteroatoms. The van der Waals surface area contributed by atoms with E-state index in [0.717, 1.165) is 13.0 Å². The minimum atomic E-state index is -2.95. The Morgan fingerprint density at radius 1 is 1.46 bits per heavy atom. The molecule has 1 aromatic heterocycles. The van der Waals surface area contributed by atoms with E-state index in [4.69, 9.17) is 12.2 Å². The van der Waals surface area contributed by atoms with Gasteiger partial charge in [-0.2, -0.15) is 0 Å². The Bertz CT molecular complexity index is 926. The Labute approximate surface area is 161 Å². The van der Waals surface area contributed by atoms with E-state index in [1.807, 2.05) is 0 Å². The molecule has 1 unspecified atom stereocenters. The van der Waals surface area contributed by atoms with Crippen LogP contribution in [0.5, 0.6) is 0 Å². The summed E-state index contributed by atoms with van der Waals surface area (Å²) in [5, 5.41) is 7.90. The van der Waals surface area contributed by atoms with Crippen molar-refractivity contribution in [2.75, 3.05) is 23.4 Å². The van der Waals surface area contributed by atoms with Gasteiger partial charge < -0.3 is 5.32 Å². The lowest BCUT2D eigenvalue weighted by Gasteiger charge is -2.27. The van der Waals surface area contributed by atoms with Gasteiger partial charge in [0.2, 0.25) is 5.13 Å². The fourth-order valence-corrected chi connectivity index (χ4v) is 5.78. The molecule has 1 aliphatic heterocycles. The van der Waals surface area contributed by atoms with Gasteiger partial charge in [0.05, 0.1) is 23.9 Å². The molecule has 2 aromatic rings. The lowest BCUT2D eigenvalue weighted by atomic mass is 10.2. The van der Waals surface area contributed by atoms with Crippen LogP contribution < -0.4 is 5.32 Å². The maximum absolute atomic E-state index is 13.8. The molecule has 1 aliphatic rings. The summed E-state index contributed by atoms with van der Waals surface area (Å²) in [6, 6.07) is 6.37. The summed E-state index contributed by atoms with van der Waals surface area (Å²) in [5.74, 6) is 0.0644. The largest absolute Gasteiger partial charge is 0.328 e. The second-order valence-electron chi connectivity index (χ2n) is 6.29. The highest BCUT2D eigenvalue weighted by molar-refractivity contribution is 7.91. The normalized spacial score (nSPS) is 19.1. The van der Waals surface area contributed by atoms with Gasteiger partial charge in [0.15, 0.2) is 13.8 Å². The monoisotopic (exact) mass is 416 g/mol. The lowest BCUT2D eigenvalue weighted by molar-refractivity contribution is 0.156. The Balaban J connectivity index is 1.75. The third-order valence-electron chi connectivity index (χ3n) is 4.27. The van der Waals surface area contributed by atoms with Crippen molar-refractivity contribution in [2.45, 2.75) is 32.5 Å². The zero-order valence-corrected chi connectivity index (χ0v) is 16.8. The number of anilines is 2. The van der Waals surface area contributed by atoms with Gasteiger partial charge in [-0.3, -0.25) is 4.90 Å². The fourth-order valence-electron chi connectivity index (χ4n) is 3.02. The highest BCUT2D eigenvalue weighted by Crippen LogP contribution is 2.24. The summed E-state index contributed by atoms with van der Waals surface area (Å²) in [7, 11) is -2.95. The van der Waals surface area contributed by atoms with Crippen LogP contribution >= 0.6 is 23.6 Å². The molecule has 0 aliphatic carbocycles. The summed E-state index contributed by atoms with van der Waals surface area (Å²) in [6.07, 6.45) is 1.55. The Morgan fingerprint density at radius 3 is 2.88 bits per heavy atom. The highest BCUT2D eigenvalue weighted by Gasteiger charge is 2.32. The Hall–Kier alpha value is -1.36. The van der Waals surface area contributed by atoms with Crippen LogP contribution in [0, 0.1) is 9.77 Å². The third kappa shape index (κ3) is 4.67. The zero-order valence-electron chi connectivity index (χ0n) is 14.4. The van der Waals surface area contributed by atoms with Crippen LogP contribution in [0.25, 0.3) is 0 Å². The van der Waals surface area contributed by atoms with Crippen LogP contribution in [0.1, 0.15) is 19.8 Å². The predicted molar refractivity (Wildman–Crippen MR) is 105 cm³/mol. The van der Waals surface area contributed by atoms with Gasteiger partial charge in [-0.05, 0) is 43.7 Å². The van der Waals surface area contributed by atoms with Gasteiger partial charge in [-0.25, -0.2) is 17.5 Å². The lowest BCUT2D eigenvalue weighted by Crippen LogP contribution is -2.38. The van der Waals surface area contributed by atoms with Crippen molar-refractivity contribution in [1.29, 1.82) is 0 Å². The molecule has 1 fully saturated rings. The molecule has 0 amide bonds. The van der Waals surface area contributed by atoms with Gasteiger partial charge >= 0.3 is 0 Å². The average Bonchev–Trinajstić information content (AvgIpc) is 3.11. The first-order valence-corrected chi connectivity index (χ1v) is 11.5. The van der Waals surface area contributed by atoms with Gasteiger partial charge in [0.25, 0.3) is 0 Å². The first kappa shape index (κ1) is 19.4. The van der Waals surface area contributed by atoms with E-state index in [2.05, 4.69) is 22.2 Å². The van der Waals surface area contributed by atoms with Crippen molar-refractivity contribution >= 4 is 44.2 Å². The zero-order chi connectivity index (χ0) is 18.7. The fraction of sp³-hybridized carbons (Fsp3) is 0.500. The molecule has 1 atom stereocenters. The summed E-state index contributed by atoms with van der Waals surface area (Å²) in [4.78, 5) is 2.12. The van der Waals surface area contributed by atoms with E-state index in [-0.39, 0.29) is 23.4 Å². The first-order chi connectivity index (χ1) is 12.4. The number of halogens is 1. The molecule has 26 heavy (non-hydrogen) atoms. The number of benzene rings is 1. The van der Waals surface area contributed by atoms with Crippen LogP contribution in [-0.4, -0.2) is 47.2 Å². The van der Waals surface area contributed by atoms with Gasteiger partial charge in [-0.1, -0.05) is 30.4 Å². The smallest absolute Gasteiger partial charge is 0.209 e. The minimum absolute atomic E-state index is 0.00785. The molecule has 3 rings (SSSR count). The highest BCUT2D eigenvalue weighted by atomic mass is 32.2. The maximum Gasteiger partial charge on any atom is 0.209 e. The van der Waals surface area contributed by atoms with E-state index in [1.165, 1.54) is 17.4 Å². The number of hydrogen-bond donors (Lipinski definition) is 1. The molecular weight excluding hydrogens is 395 g/mol. The average molecular weight is 417 g/mol. The number of rotatable bonds is 7. The van der Waals surface area contributed by atoms with Crippen LogP contribution in [0.2, 0.25) is 0 Å². The maximum atomic E-state index is 13.8. The number of nitrogens with zero attached hydrogens (tertiary/aromatic N) is 3. The Morgan fingerprint density at radius 2 is 2.23 bits per heavy atom. The van der Waals surface area contributed by atoms with Gasteiger partial charge in [0.1, 0.15) is 5.82 Å². The van der Waals surface area contributed by atoms with Crippen LogP contribution in [0.3, 0.4) is 0 Å². The molecule has 0 bridgehead atoms. The molecule has 1 N–H and O–H groups in total. The van der Waals surface area contributed by atoms with Crippen LogP contribution in [0.15, 0.2) is 24.3 Å². The summed E-state index contributed by atoms with van der Waals surface area (Å²) in [6.45, 7) is 3.26. The third-order valence-corrected chi connectivity index (χ3v) is 7.25. The molecule has 6 nitrogen and oxygen atoms in total. The minimum Gasteiger partial charge on any atom is -0.328 e. The number of aromatic nitrogens is 2. The van der Waals surface area contributed by atoms with E-state index >= 15 is 0 Å². The van der Waals surface area contributed by atoms with Crippen molar-refractivity contribution in [3.05, 3.63) is 34.0 Å².